The van der Waals surface area contributed by atoms with Gasteiger partial charge in [0.05, 0.1) is 10.6 Å². The molecule has 0 unspecified atom stereocenters. The smallest absolute Gasteiger partial charge is 0.269 e. The Morgan fingerprint density at radius 3 is 2.05 bits per heavy atom. The standard InChI is InChI=1S/C16H23N3O2/c1-16(2,3)18-14-8-4-12(5-9-14)17(18)13-6-10-15(11-7-13)19(20)21/h6-7,10-12,14H,4-5,8-9H2,1-3H3. The van der Waals surface area contributed by atoms with Crippen molar-refractivity contribution in [1.82, 2.24) is 5.01 Å². The lowest BCUT2D eigenvalue weighted by atomic mass is 9.84. The van der Waals surface area contributed by atoms with Crippen LogP contribution >= 0.6 is 0 Å². The summed E-state index contributed by atoms with van der Waals surface area (Å²) in [6, 6.07) is 8.10. The Labute approximate surface area is 125 Å². The lowest BCUT2D eigenvalue weighted by Gasteiger charge is -2.59. The van der Waals surface area contributed by atoms with Gasteiger partial charge in [-0.2, -0.15) is 0 Å². The number of hydrazine groups is 1. The Bertz CT molecular complexity index is 527. The van der Waals surface area contributed by atoms with Crippen LogP contribution in [0.3, 0.4) is 0 Å². The predicted octanol–water partition coefficient (Wildman–Crippen LogP) is 3.74. The molecule has 114 valence electrons. The van der Waals surface area contributed by atoms with E-state index in [1.54, 1.807) is 12.1 Å². The first-order chi connectivity index (χ1) is 9.88. The molecular weight excluding hydrogens is 266 g/mol. The molecule has 0 N–H and O–H groups in total. The SMILES string of the molecule is CC(C)(C)N1C2CCC(CC2)N1c1ccc([N+](=O)[O-])cc1. The van der Waals surface area contributed by atoms with Crippen molar-refractivity contribution in [3.8, 4) is 0 Å². The van der Waals surface area contributed by atoms with Crippen molar-refractivity contribution in [1.29, 1.82) is 0 Å². The van der Waals surface area contributed by atoms with E-state index in [1.165, 1.54) is 25.7 Å². The Morgan fingerprint density at radius 2 is 1.57 bits per heavy atom. The largest absolute Gasteiger partial charge is 0.302 e. The van der Waals surface area contributed by atoms with E-state index in [4.69, 9.17) is 0 Å². The summed E-state index contributed by atoms with van der Waals surface area (Å²) in [6.45, 7) is 6.73. The fraction of sp³-hybridized carbons (Fsp3) is 0.625. The first-order valence-corrected chi connectivity index (χ1v) is 7.71. The lowest BCUT2D eigenvalue weighted by molar-refractivity contribution is -0.384. The van der Waals surface area contributed by atoms with E-state index in [2.05, 4.69) is 30.8 Å². The van der Waals surface area contributed by atoms with Crippen LogP contribution in [0.1, 0.15) is 46.5 Å². The highest BCUT2D eigenvalue weighted by Crippen LogP contribution is 2.42. The van der Waals surface area contributed by atoms with Crippen LogP contribution in [0.25, 0.3) is 0 Å². The van der Waals surface area contributed by atoms with Crippen molar-refractivity contribution in [3.05, 3.63) is 34.4 Å². The lowest BCUT2D eigenvalue weighted by Crippen LogP contribution is -2.67. The first kappa shape index (κ1) is 14.3. The van der Waals surface area contributed by atoms with E-state index < -0.39 is 0 Å². The average Bonchev–Trinajstić information content (AvgIpc) is 2.46. The van der Waals surface area contributed by atoms with Crippen LogP contribution in [0.5, 0.6) is 0 Å². The van der Waals surface area contributed by atoms with Gasteiger partial charge in [-0.1, -0.05) is 0 Å². The van der Waals surface area contributed by atoms with E-state index in [-0.39, 0.29) is 16.1 Å². The van der Waals surface area contributed by atoms with Crippen molar-refractivity contribution in [2.75, 3.05) is 5.01 Å². The number of nitro benzene ring substituents is 1. The van der Waals surface area contributed by atoms with Crippen molar-refractivity contribution >= 4 is 11.4 Å². The second-order valence-corrected chi connectivity index (χ2v) is 7.10. The van der Waals surface area contributed by atoms with Crippen LogP contribution in [0.15, 0.2) is 24.3 Å². The third kappa shape index (κ3) is 2.50. The molecule has 4 rings (SSSR count). The fourth-order valence-corrected chi connectivity index (χ4v) is 3.83. The minimum atomic E-state index is -0.340. The van der Waals surface area contributed by atoms with Crippen LogP contribution in [0.4, 0.5) is 11.4 Å². The van der Waals surface area contributed by atoms with Gasteiger partial charge in [0.1, 0.15) is 0 Å². The molecule has 1 aromatic rings. The quantitative estimate of drug-likeness (QED) is 0.614. The third-order valence-corrected chi connectivity index (χ3v) is 4.60. The number of nitrogens with zero attached hydrogens (tertiary/aromatic N) is 3. The number of non-ortho nitro benzene ring substituents is 1. The van der Waals surface area contributed by atoms with E-state index in [1.807, 2.05) is 12.1 Å². The van der Waals surface area contributed by atoms with Gasteiger partial charge in [-0.15, -0.1) is 0 Å². The molecule has 2 bridgehead atoms. The molecule has 5 heteroatoms. The van der Waals surface area contributed by atoms with Gasteiger partial charge in [0.2, 0.25) is 0 Å². The zero-order valence-electron chi connectivity index (χ0n) is 13.0. The van der Waals surface area contributed by atoms with Gasteiger partial charge < -0.3 is 5.01 Å². The van der Waals surface area contributed by atoms with Crippen molar-refractivity contribution in [2.24, 2.45) is 0 Å². The van der Waals surface area contributed by atoms with Gasteiger partial charge in [-0.3, -0.25) is 10.1 Å². The van der Waals surface area contributed by atoms with Gasteiger partial charge in [0, 0.05) is 29.8 Å². The van der Waals surface area contributed by atoms with E-state index in [0.29, 0.717) is 12.1 Å². The molecule has 2 saturated heterocycles. The average molecular weight is 289 g/mol. The second-order valence-electron chi connectivity index (χ2n) is 7.10. The molecule has 2 aliphatic heterocycles. The number of nitro groups is 1. The summed E-state index contributed by atoms with van der Waals surface area (Å²) in [7, 11) is 0. The minimum absolute atomic E-state index is 0.0610. The molecule has 0 spiro atoms. The number of hydrogen-bond donors (Lipinski definition) is 0. The van der Waals surface area contributed by atoms with Crippen LogP contribution < -0.4 is 5.01 Å². The molecule has 2 heterocycles. The summed E-state index contributed by atoms with van der Waals surface area (Å²) in [6.07, 6.45) is 4.94. The van der Waals surface area contributed by atoms with Gasteiger partial charge in [0.15, 0.2) is 0 Å². The predicted molar refractivity (Wildman–Crippen MR) is 83.2 cm³/mol. The first-order valence-electron chi connectivity index (χ1n) is 7.71. The normalized spacial score (nSPS) is 26.1. The second kappa shape index (κ2) is 4.98. The number of hydrogen-bond acceptors (Lipinski definition) is 4. The molecule has 21 heavy (non-hydrogen) atoms. The van der Waals surface area contributed by atoms with Gasteiger partial charge in [-0.25, -0.2) is 5.01 Å². The highest BCUT2D eigenvalue weighted by atomic mass is 16.6. The summed E-state index contributed by atoms with van der Waals surface area (Å²) in [5.74, 6) is 0. The minimum Gasteiger partial charge on any atom is -0.302 e. The Kier molecular flexibility index (Phi) is 3.40. The molecule has 0 aromatic heterocycles. The molecule has 3 fully saturated rings. The van der Waals surface area contributed by atoms with E-state index in [9.17, 15) is 10.1 Å². The maximum atomic E-state index is 10.8. The Balaban J connectivity index is 1.96. The molecule has 1 aliphatic carbocycles. The van der Waals surface area contributed by atoms with Gasteiger partial charge in [-0.05, 0) is 58.6 Å². The molecule has 3 aliphatic rings. The maximum Gasteiger partial charge on any atom is 0.269 e. The summed E-state index contributed by atoms with van der Waals surface area (Å²) in [5.41, 5.74) is 1.29. The molecule has 0 atom stereocenters. The summed E-state index contributed by atoms with van der Waals surface area (Å²) >= 11 is 0. The van der Waals surface area contributed by atoms with Gasteiger partial charge >= 0.3 is 0 Å². The maximum absolute atomic E-state index is 10.8. The van der Waals surface area contributed by atoms with E-state index in [0.717, 1.165) is 5.69 Å². The zero-order valence-corrected chi connectivity index (χ0v) is 13.0. The zero-order chi connectivity index (χ0) is 15.2. The highest BCUT2D eigenvalue weighted by Gasteiger charge is 2.44. The number of benzene rings is 1. The molecule has 5 nitrogen and oxygen atoms in total. The molecule has 0 amide bonds. The van der Waals surface area contributed by atoms with Crippen LogP contribution in [-0.2, 0) is 0 Å². The van der Waals surface area contributed by atoms with E-state index >= 15 is 0 Å². The molecule has 1 aromatic carbocycles. The van der Waals surface area contributed by atoms with Gasteiger partial charge in [0.25, 0.3) is 5.69 Å². The van der Waals surface area contributed by atoms with Crippen molar-refractivity contribution in [3.63, 3.8) is 0 Å². The van der Waals surface area contributed by atoms with Crippen LogP contribution in [0, 0.1) is 10.1 Å². The number of fused-ring (bicyclic) bond motifs is 3. The number of anilines is 1. The molecular formula is C16H23N3O2. The van der Waals surface area contributed by atoms with Crippen LogP contribution in [0.2, 0.25) is 0 Å². The van der Waals surface area contributed by atoms with Crippen molar-refractivity contribution < 1.29 is 4.92 Å². The monoisotopic (exact) mass is 289 g/mol. The topological polar surface area (TPSA) is 49.6 Å². The summed E-state index contributed by atoms with van der Waals surface area (Å²) in [4.78, 5) is 10.5. The fourth-order valence-electron chi connectivity index (χ4n) is 3.83. The third-order valence-electron chi connectivity index (χ3n) is 4.60. The molecule has 1 saturated carbocycles. The summed E-state index contributed by atoms with van der Waals surface area (Å²) < 4.78 is 0. The number of rotatable bonds is 2. The molecule has 0 radical (unpaired) electrons. The van der Waals surface area contributed by atoms with Crippen LogP contribution in [-0.4, -0.2) is 27.6 Å². The van der Waals surface area contributed by atoms with Crippen molar-refractivity contribution in [2.45, 2.75) is 64.1 Å². The Hall–Kier alpha value is -1.62. The Morgan fingerprint density at radius 1 is 1.05 bits per heavy atom. The summed E-state index contributed by atoms with van der Waals surface area (Å²) in [5, 5.41) is 15.7. The highest BCUT2D eigenvalue weighted by molar-refractivity contribution is 5.52.